The number of hydrogen-bond donors (Lipinski definition) is 2. The molecule has 1 aromatic carbocycles. The second kappa shape index (κ2) is 9.60. The van der Waals surface area contributed by atoms with Crippen molar-refractivity contribution in [3.63, 3.8) is 0 Å². The molecule has 3 aliphatic rings. The molecule has 3 aliphatic heterocycles. The summed E-state index contributed by atoms with van der Waals surface area (Å²) in [4.78, 5) is 41.1. The molecule has 162 valence electrons. The third kappa shape index (κ3) is 4.83. The number of nitrogens with zero attached hydrogens (tertiary/aromatic N) is 2. The van der Waals surface area contributed by atoms with Gasteiger partial charge in [-0.3, -0.25) is 14.5 Å². The molecule has 0 aromatic heterocycles. The number of fused-ring (bicyclic) bond motifs is 1. The van der Waals surface area contributed by atoms with Crippen molar-refractivity contribution in [3.05, 3.63) is 35.9 Å². The van der Waals surface area contributed by atoms with Crippen molar-refractivity contribution in [3.8, 4) is 0 Å². The Balaban J connectivity index is 1.24. The van der Waals surface area contributed by atoms with Gasteiger partial charge in [-0.1, -0.05) is 36.8 Å². The second-order valence-electron chi connectivity index (χ2n) is 8.74. The Morgan fingerprint density at radius 3 is 2.70 bits per heavy atom. The first-order valence-electron chi connectivity index (χ1n) is 11.3. The summed E-state index contributed by atoms with van der Waals surface area (Å²) < 4.78 is 0. The Labute approximate surface area is 178 Å². The van der Waals surface area contributed by atoms with E-state index in [2.05, 4.69) is 15.5 Å². The van der Waals surface area contributed by atoms with Crippen LogP contribution in [0.3, 0.4) is 0 Å². The summed E-state index contributed by atoms with van der Waals surface area (Å²) in [6, 6.07) is 9.17. The maximum absolute atomic E-state index is 12.6. The van der Waals surface area contributed by atoms with Crippen LogP contribution in [0.2, 0.25) is 0 Å². The molecule has 3 fully saturated rings. The molecule has 0 aliphatic carbocycles. The zero-order chi connectivity index (χ0) is 20.9. The largest absolute Gasteiger partial charge is 0.356 e. The van der Waals surface area contributed by atoms with E-state index in [0.29, 0.717) is 31.5 Å². The van der Waals surface area contributed by atoms with Crippen LogP contribution in [0.15, 0.2) is 30.3 Å². The third-order valence-corrected chi connectivity index (χ3v) is 6.75. The predicted molar refractivity (Wildman–Crippen MR) is 114 cm³/mol. The van der Waals surface area contributed by atoms with Crippen LogP contribution in [0, 0.1) is 5.92 Å². The Morgan fingerprint density at radius 2 is 1.87 bits per heavy atom. The highest BCUT2D eigenvalue weighted by molar-refractivity contribution is 6.05. The van der Waals surface area contributed by atoms with E-state index in [1.807, 2.05) is 30.3 Å². The highest BCUT2D eigenvalue weighted by atomic mass is 16.2. The summed E-state index contributed by atoms with van der Waals surface area (Å²) in [5.41, 5.74) is 1.07. The normalized spacial score (nSPS) is 26.9. The van der Waals surface area contributed by atoms with Crippen LogP contribution in [0.4, 0.5) is 4.79 Å². The molecule has 7 nitrogen and oxygen atoms in total. The summed E-state index contributed by atoms with van der Waals surface area (Å²) in [6.45, 7) is 3.34. The zero-order valence-electron chi connectivity index (χ0n) is 17.5. The van der Waals surface area contributed by atoms with Gasteiger partial charge in [0.1, 0.15) is 6.04 Å². The highest BCUT2D eigenvalue weighted by Gasteiger charge is 2.39. The van der Waals surface area contributed by atoms with Gasteiger partial charge in [-0.2, -0.15) is 0 Å². The van der Waals surface area contributed by atoms with Crippen molar-refractivity contribution in [2.45, 2.75) is 57.0 Å². The van der Waals surface area contributed by atoms with Crippen molar-refractivity contribution in [2.75, 3.05) is 26.2 Å². The molecule has 0 saturated carbocycles. The first-order valence-corrected chi connectivity index (χ1v) is 11.3. The fourth-order valence-corrected chi connectivity index (χ4v) is 5.13. The Kier molecular flexibility index (Phi) is 6.67. The average molecular weight is 413 g/mol. The molecular formula is C23H32N4O3. The number of benzene rings is 1. The van der Waals surface area contributed by atoms with Gasteiger partial charge in [0.2, 0.25) is 5.91 Å². The number of imide groups is 1. The first-order chi connectivity index (χ1) is 14.6. The van der Waals surface area contributed by atoms with E-state index >= 15 is 0 Å². The van der Waals surface area contributed by atoms with Crippen molar-refractivity contribution in [1.82, 2.24) is 20.4 Å². The smallest absolute Gasteiger partial charge is 0.324 e. The minimum atomic E-state index is -0.759. The number of hydrogen-bond acceptors (Lipinski definition) is 4. The van der Waals surface area contributed by atoms with Crippen LogP contribution >= 0.6 is 0 Å². The predicted octanol–water partition coefficient (Wildman–Crippen LogP) is 1.92. The molecule has 1 aromatic rings. The molecule has 0 radical (unpaired) electrons. The summed E-state index contributed by atoms with van der Waals surface area (Å²) in [6.07, 6.45) is 6.71. The van der Waals surface area contributed by atoms with E-state index < -0.39 is 12.1 Å². The number of carbonyl (C=O) groups is 3. The second-order valence-corrected chi connectivity index (χ2v) is 8.74. The monoisotopic (exact) mass is 412 g/mol. The number of amides is 4. The lowest BCUT2D eigenvalue weighted by Crippen LogP contribution is -2.51. The molecule has 2 N–H and O–H groups in total. The Hall–Kier alpha value is -2.41. The fraction of sp³-hybridized carbons (Fsp3) is 0.609. The van der Waals surface area contributed by atoms with E-state index in [1.165, 1.54) is 43.7 Å². The molecule has 3 atom stereocenters. The van der Waals surface area contributed by atoms with Gasteiger partial charge in [-0.25, -0.2) is 4.79 Å². The number of carbonyl (C=O) groups excluding carboxylic acids is 3. The van der Waals surface area contributed by atoms with Crippen LogP contribution in [0.25, 0.3) is 0 Å². The number of piperidine rings is 2. The highest BCUT2D eigenvalue weighted by Crippen LogP contribution is 2.30. The van der Waals surface area contributed by atoms with Crippen LogP contribution in [0.1, 0.15) is 44.1 Å². The molecule has 0 bridgehead atoms. The minimum absolute atomic E-state index is 0.00745. The molecule has 7 heteroatoms. The third-order valence-electron chi connectivity index (χ3n) is 6.75. The fourth-order valence-electron chi connectivity index (χ4n) is 5.13. The van der Waals surface area contributed by atoms with E-state index in [0.717, 1.165) is 12.0 Å². The van der Waals surface area contributed by atoms with E-state index in [1.54, 1.807) is 0 Å². The number of nitrogens with one attached hydrogen (secondary N) is 2. The molecule has 4 rings (SSSR count). The van der Waals surface area contributed by atoms with Gasteiger partial charge < -0.3 is 15.5 Å². The van der Waals surface area contributed by atoms with Gasteiger partial charge in [0.15, 0.2) is 0 Å². The number of urea groups is 1. The SMILES string of the molecule is O=C(CC1NC(=O)N(CCc2ccccc2)C1=O)NCC1CCCN2CCCCC12. The van der Waals surface area contributed by atoms with E-state index in [9.17, 15) is 14.4 Å². The zero-order valence-corrected chi connectivity index (χ0v) is 17.5. The van der Waals surface area contributed by atoms with Crippen molar-refractivity contribution >= 4 is 17.8 Å². The average Bonchev–Trinajstić information content (AvgIpc) is 3.03. The molecule has 3 saturated heterocycles. The van der Waals surface area contributed by atoms with Crippen LogP contribution in [-0.4, -0.2) is 65.9 Å². The minimum Gasteiger partial charge on any atom is -0.356 e. The maximum Gasteiger partial charge on any atom is 0.324 e. The van der Waals surface area contributed by atoms with Crippen LogP contribution in [-0.2, 0) is 16.0 Å². The molecular weight excluding hydrogens is 380 g/mol. The van der Waals surface area contributed by atoms with Gasteiger partial charge in [-0.15, -0.1) is 0 Å². The molecule has 4 amide bonds. The maximum atomic E-state index is 12.6. The standard InChI is InChI=1S/C23H32N4O3/c28-21(24-16-18-9-6-13-26-12-5-4-10-20(18)26)15-19-22(29)27(23(30)25-19)14-11-17-7-2-1-3-8-17/h1-3,7-8,18-20H,4-6,9-16H2,(H,24,28)(H,25,30). The quantitative estimate of drug-likeness (QED) is 0.671. The van der Waals surface area contributed by atoms with E-state index in [-0.39, 0.29) is 18.2 Å². The lowest BCUT2D eigenvalue weighted by Gasteiger charge is -2.44. The van der Waals surface area contributed by atoms with E-state index in [4.69, 9.17) is 0 Å². The molecule has 30 heavy (non-hydrogen) atoms. The molecule has 3 heterocycles. The van der Waals surface area contributed by atoms with Crippen molar-refractivity contribution in [1.29, 1.82) is 0 Å². The summed E-state index contributed by atoms with van der Waals surface area (Å²) in [7, 11) is 0. The summed E-state index contributed by atoms with van der Waals surface area (Å²) in [5.74, 6) is 0.0212. The Morgan fingerprint density at radius 1 is 1.07 bits per heavy atom. The molecule has 0 spiro atoms. The number of rotatable bonds is 7. The summed E-state index contributed by atoms with van der Waals surface area (Å²) >= 11 is 0. The lowest BCUT2D eigenvalue weighted by atomic mass is 9.83. The first kappa shape index (κ1) is 20.8. The van der Waals surface area contributed by atoms with Gasteiger partial charge >= 0.3 is 6.03 Å². The Bertz CT molecular complexity index is 767. The summed E-state index contributed by atoms with van der Waals surface area (Å²) in [5, 5.41) is 5.71. The van der Waals surface area contributed by atoms with Gasteiger partial charge in [0.05, 0.1) is 6.42 Å². The van der Waals surface area contributed by atoms with Crippen LogP contribution in [0.5, 0.6) is 0 Å². The van der Waals surface area contributed by atoms with Crippen LogP contribution < -0.4 is 10.6 Å². The van der Waals surface area contributed by atoms with Gasteiger partial charge in [-0.05, 0) is 56.7 Å². The lowest BCUT2D eigenvalue weighted by molar-refractivity contribution is -0.131. The molecule has 3 unspecified atom stereocenters. The van der Waals surface area contributed by atoms with Gasteiger partial charge in [0.25, 0.3) is 5.91 Å². The van der Waals surface area contributed by atoms with Crippen molar-refractivity contribution in [2.24, 2.45) is 5.92 Å². The van der Waals surface area contributed by atoms with Crippen molar-refractivity contribution < 1.29 is 14.4 Å². The topological polar surface area (TPSA) is 81.8 Å². The van der Waals surface area contributed by atoms with Gasteiger partial charge in [0, 0.05) is 19.1 Å².